The van der Waals surface area contributed by atoms with Crippen LogP contribution in [-0.2, 0) is 5.75 Å². The fourth-order valence-corrected chi connectivity index (χ4v) is 3.38. The summed E-state index contributed by atoms with van der Waals surface area (Å²) in [6, 6.07) is 17.6. The van der Waals surface area contributed by atoms with E-state index < -0.39 is 0 Å². The van der Waals surface area contributed by atoms with E-state index in [1.807, 2.05) is 61.5 Å². The lowest BCUT2D eigenvalue weighted by Crippen LogP contribution is -1.84. The molecule has 0 N–H and O–H groups in total. The first-order chi connectivity index (χ1) is 13.2. The van der Waals surface area contributed by atoms with Gasteiger partial charge in [-0.05, 0) is 31.2 Å². The van der Waals surface area contributed by atoms with Crippen LogP contribution in [0.1, 0.15) is 11.7 Å². The Morgan fingerprint density at radius 1 is 1.00 bits per heavy atom. The van der Waals surface area contributed by atoms with Crippen LogP contribution in [0.2, 0.25) is 0 Å². The maximum absolute atomic E-state index is 5.87. The van der Waals surface area contributed by atoms with E-state index in [-0.39, 0.29) is 0 Å². The Balaban J connectivity index is 1.54. The quantitative estimate of drug-likeness (QED) is 0.436. The summed E-state index contributed by atoms with van der Waals surface area (Å²) in [7, 11) is 1.65. The second-order valence-electron chi connectivity index (χ2n) is 5.79. The van der Waals surface area contributed by atoms with Gasteiger partial charge < -0.3 is 13.7 Å². The van der Waals surface area contributed by atoms with Gasteiger partial charge in [0, 0.05) is 10.5 Å². The van der Waals surface area contributed by atoms with Crippen molar-refractivity contribution in [3.05, 3.63) is 66.2 Å². The summed E-state index contributed by atoms with van der Waals surface area (Å²) in [4.78, 5) is 1.10. The molecule has 136 valence electrons. The lowest BCUT2D eigenvalue weighted by Gasteiger charge is -2.01. The zero-order chi connectivity index (χ0) is 18.6. The minimum absolute atomic E-state index is 0.415. The molecular weight excluding hydrogens is 362 g/mol. The van der Waals surface area contributed by atoms with Gasteiger partial charge in [0.2, 0.25) is 5.89 Å². The zero-order valence-electron chi connectivity index (χ0n) is 14.9. The number of hydrogen-bond donors (Lipinski definition) is 0. The molecule has 0 aliphatic carbocycles. The average molecular weight is 379 g/mol. The topological polar surface area (TPSA) is 74.2 Å². The van der Waals surface area contributed by atoms with Crippen molar-refractivity contribution in [2.24, 2.45) is 0 Å². The van der Waals surface area contributed by atoms with Crippen molar-refractivity contribution in [2.75, 3.05) is 7.11 Å². The highest BCUT2D eigenvalue weighted by Crippen LogP contribution is 2.34. The third-order valence-corrected chi connectivity index (χ3v) is 5.01. The number of aryl methyl sites for hydroxylation is 1. The molecule has 0 saturated carbocycles. The Bertz CT molecular complexity index is 1030. The number of benzene rings is 2. The highest BCUT2D eigenvalue weighted by atomic mass is 32.2. The minimum atomic E-state index is 0.415. The fraction of sp³-hybridized carbons (Fsp3) is 0.150. The molecule has 0 fully saturated rings. The molecule has 0 aliphatic rings. The standard InChI is InChI=1S/C20H17N3O3S/c1-13-18(19(23-26-13)14-6-4-3-5-7-14)20-22-21-17(25-20)12-27-16-10-8-15(24-2)9-11-16/h3-11H,12H2,1-2H3. The summed E-state index contributed by atoms with van der Waals surface area (Å²) >= 11 is 1.62. The molecule has 2 aromatic carbocycles. The Labute approximate surface area is 160 Å². The Kier molecular flexibility index (Phi) is 4.93. The van der Waals surface area contributed by atoms with Crippen molar-refractivity contribution >= 4 is 11.8 Å². The van der Waals surface area contributed by atoms with Crippen LogP contribution < -0.4 is 4.74 Å². The first-order valence-electron chi connectivity index (χ1n) is 8.36. The summed E-state index contributed by atoms with van der Waals surface area (Å²) in [5, 5.41) is 12.5. The van der Waals surface area contributed by atoms with Gasteiger partial charge in [0.05, 0.1) is 12.9 Å². The van der Waals surface area contributed by atoms with Crippen LogP contribution in [0.4, 0.5) is 0 Å². The van der Waals surface area contributed by atoms with Crippen LogP contribution >= 0.6 is 11.8 Å². The molecule has 27 heavy (non-hydrogen) atoms. The van der Waals surface area contributed by atoms with E-state index in [2.05, 4.69) is 15.4 Å². The van der Waals surface area contributed by atoms with Gasteiger partial charge in [0.25, 0.3) is 5.89 Å². The number of methoxy groups -OCH3 is 1. The highest BCUT2D eigenvalue weighted by Gasteiger charge is 2.21. The van der Waals surface area contributed by atoms with Crippen LogP contribution in [-0.4, -0.2) is 22.5 Å². The lowest BCUT2D eigenvalue weighted by molar-refractivity contribution is 0.399. The van der Waals surface area contributed by atoms with E-state index in [1.54, 1.807) is 18.9 Å². The number of aromatic nitrogens is 3. The summed E-state index contributed by atoms with van der Waals surface area (Å²) in [6.07, 6.45) is 0. The number of nitrogens with zero attached hydrogens (tertiary/aromatic N) is 3. The SMILES string of the molecule is COc1ccc(SCc2nnc(-c3c(-c4ccccc4)noc3C)o2)cc1. The van der Waals surface area contributed by atoms with E-state index >= 15 is 0 Å². The molecule has 0 radical (unpaired) electrons. The van der Waals surface area contributed by atoms with Gasteiger partial charge in [-0.1, -0.05) is 35.5 Å². The molecule has 0 bridgehead atoms. The molecule has 0 saturated heterocycles. The van der Waals surface area contributed by atoms with Gasteiger partial charge in [-0.2, -0.15) is 0 Å². The monoisotopic (exact) mass is 379 g/mol. The maximum Gasteiger partial charge on any atom is 0.253 e. The van der Waals surface area contributed by atoms with Crippen LogP contribution in [0.25, 0.3) is 22.7 Å². The summed E-state index contributed by atoms with van der Waals surface area (Å²) in [6.45, 7) is 1.84. The Hall–Kier alpha value is -3.06. The third-order valence-electron chi connectivity index (χ3n) is 4.01. The summed E-state index contributed by atoms with van der Waals surface area (Å²) < 4.78 is 16.4. The van der Waals surface area contributed by atoms with Gasteiger partial charge in [0.1, 0.15) is 22.8 Å². The maximum atomic E-state index is 5.87. The van der Waals surface area contributed by atoms with Crippen LogP contribution in [0.3, 0.4) is 0 Å². The fourth-order valence-electron chi connectivity index (χ4n) is 2.65. The molecule has 0 amide bonds. The Morgan fingerprint density at radius 3 is 2.52 bits per heavy atom. The molecule has 7 heteroatoms. The largest absolute Gasteiger partial charge is 0.497 e. The minimum Gasteiger partial charge on any atom is -0.497 e. The van der Waals surface area contributed by atoms with Crippen molar-refractivity contribution in [2.45, 2.75) is 17.6 Å². The second-order valence-corrected chi connectivity index (χ2v) is 6.84. The molecule has 2 aromatic heterocycles. The average Bonchev–Trinajstić information content (AvgIpc) is 3.33. The molecular formula is C20H17N3O3S. The van der Waals surface area contributed by atoms with Gasteiger partial charge in [0.15, 0.2) is 0 Å². The summed E-state index contributed by atoms with van der Waals surface area (Å²) in [5.41, 5.74) is 2.37. The second kappa shape index (κ2) is 7.67. The van der Waals surface area contributed by atoms with Crippen molar-refractivity contribution in [3.8, 4) is 28.5 Å². The molecule has 6 nitrogen and oxygen atoms in total. The predicted octanol–water partition coefficient (Wildman–Crippen LogP) is 5.00. The molecule has 0 spiro atoms. The van der Waals surface area contributed by atoms with Gasteiger partial charge in [-0.25, -0.2) is 0 Å². The number of rotatable bonds is 6. The van der Waals surface area contributed by atoms with E-state index in [0.29, 0.717) is 29.0 Å². The molecule has 4 rings (SSSR count). The highest BCUT2D eigenvalue weighted by molar-refractivity contribution is 7.98. The van der Waals surface area contributed by atoms with Crippen molar-refractivity contribution < 1.29 is 13.7 Å². The summed E-state index contributed by atoms with van der Waals surface area (Å²) in [5.74, 6) is 3.01. The first-order valence-corrected chi connectivity index (χ1v) is 9.34. The zero-order valence-corrected chi connectivity index (χ0v) is 15.7. The molecule has 2 heterocycles. The van der Waals surface area contributed by atoms with E-state index in [0.717, 1.165) is 21.8 Å². The molecule has 0 atom stereocenters. The van der Waals surface area contributed by atoms with Crippen molar-refractivity contribution in [3.63, 3.8) is 0 Å². The van der Waals surface area contributed by atoms with E-state index in [4.69, 9.17) is 13.7 Å². The lowest BCUT2D eigenvalue weighted by atomic mass is 10.1. The third kappa shape index (κ3) is 3.73. The van der Waals surface area contributed by atoms with Gasteiger partial charge >= 0.3 is 0 Å². The first kappa shape index (κ1) is 17.4. The van der Waals surface area contributed by atoms with E-state index in [1.165, 1.54) is 0 Å². The smallest absolute Gasteiger partial charge is 0.253 e. The van der Waals surface area contributed by atoms with Crippen LogP contribution in [0.5, 0.6) is 5.75 Å². The van der Waals surface area contributed by atoms with Crippen LogP contribution in [0.15, 0.2) is 68.4 Å². The molecule has 0 unspecified atom stereocenters. The normalized spacial score (nSPS) is 10.9. The number of thioether (sulfide) groups is 1. The van der Waals surface area contributed by atoms with E-state index in [9.17, 15) is 0 Å². The van der Waals surface area contributed by atoms with Crippen molar-refractivity contribution in [1.82, 2.24) is 15.4 Å². The van der Waals surface area contributed by atoms with Crippen molar-refractivity contribution in [1.29, 1.82) is 0 Å². The van der Waals surface area contributed by atoms with Gasteiger partial charge in [-0.15, -0.1) is 22.0 Å². The van der Waals surface area contributed by atoms with Gasteiger partial charge in [-0.3, -0.25) is 0 Å². The molecule has 4 aromatic rings. The predicted molar refractivity (Wildman–Crippen MR) is 103 cm³/mol. The number of hydrogen-bond acceptors (Lipinski definition) is 7. The molecule has 0 aliphatic heterocycles. The Morgan fingerprint density at radius 2 is 1.78 bits per heavy atom. The number of ether oxygens (including phenoxy) is 1. The van der Waals surface area contributed by atoms with Crippen LogP contribution in [0, 0.1) is 6.92 Å².